The van der Waals surface area contributed by atoms with Crippen LogP contribution in [0.1, 0.15) is 91.9 Å². The molecular weight excluding hydrogens is 254 g/mol. The van der Waals surface area contributed by atoms with E-state index in [1.54, 1.807) is 0 Å². The predicted octanol–water partition coefficient (Wildman–Crippen LogP) is 7.09. The predicted molar refractivity (Wildman–Crippen MR) is 98.1 cm³/mol. The van der Waals surface area contributed by atoms with Crippen LogP contribution in [0.5, 0.6) is 0 Å². The Morgan fingerprint density at radius 1 is 0.857 bits per heavy atom. The Labute approximate surface area is 133 Å². The summed E-state index contributed by atoms with van der Waals surface area (Å²) in [6.45, 7) is 8.73. The van der Waals surface area contributed by atoms with Gasteiger partial charge in [-0.15, -0.1) is 0 Å². The lowest BCUT2D eigenvalue weighted by Gasteiger charge is -2.17. The normalized spacial score (nSPS) is 13.1. The summed E-state index contributed by atoms with van der Waals surface area (Å²) in [6, 6.07) is 0. The minimum Gasteiger partial charge on any atom is -0.261 e. The summed E-state index contributed by atoms with van der Waals surface area (Å²) in [6.07, 6.45) is 21.6. The zero-order valence-corrected chi connectivity index (χ0v) is 14.9. The van der Waals surface area contributed by atoms with E-state index in [4.69, 9.17) is 0 Å². The number of hydrogen-bond donors (Lipinski definition) is 0. The minimum atomic E-state index is 0.658. The third-order valence-corrected chi connectivity index (χ3v) is 4.03. The maximum absolute atomic E-state index is 4.68. The van der Waals surface area contributed by atoms with Crippen molar-refractivity contribution >= 4 is 6.21 Å². The van der Waals surface area contributed by atoms with Gasteiger partial charge in [-0.1, -0.05) is 77.4 Å². The molecule has 0 N–H and O–H groups in total. The summed E-state index contributed by atoms with van der Waals surface area (Å²) < 4.78 is 0. The highest BCUT2D eigenvalue weighted by atomic mass is 14.7. The summed E-state index contributed by atoms with van der Waals surface area (Å²) in [4.78, 5) is 4.68. The molecule has 0 saturated carbocycles. The second kappa shape index (κ2) is 15.5. The highest BCUT2D eigenvalue weighted by Gasteiger charge is 2.12. The first-order chi connectivity index (χ1) is 10.3. The Hall–Kier alpha value is -0.850. The number of aliphatic imine (C=N–C) groups is 1. The molecule has 0 amide bonds. The van der Waals surface area contributed by atoms with Gasteiger partial charge in [-0.2, -0.15) is 0 Å². The van der Waals surface area contributed by atoms with Crippen LogP contribution in [0, 0.1) is 5.92 Å². The first kappa shape index (κ1) is 20.1. The fourth-order valence-electron chi connectivity index (χ4n) is 2.71. The molecule has 0 aliphatic heterocycles. The SMILES string of the molecule is C\C=C/C=N/C(=C\C)C(CCCCCC)CCCCCC. The van der Waals surface area contributed by atoms with E-state index < -0.39 is 0 Å². The van der Waals surface area contributed by atoms with Crippen molar-refractivity contribution in [1.29, 1.82) is 0 Å². The number of unbranched alkanes of at least 4 members (excludes halogenated alkanes) is 6. The Morgan fingerprint density at radius 2 is 1.43 bits per heavy atom. The van der Waals surface area contributed by atoms with Crippen molar-refractivity contribution in [2.45, 2.75) is 91.9 Å². The highest BCUT2D eigenvalue weighted by Crippen LogP contribution is 2.26. The molecule has 0 atom stereocenters. The van der Waals surface area contributed by atoms with Gasteiger partial charge in [-0.05, 0) is 32.8 Å². The minimum absolute atomic E-state index is 0.658. The monoisotopic (exact) mass is 291 g/mol. The first-order valence-electron chi connectivity index (χ1n) is 9.11. The standard InChI is InChI=1S/C20H37N/c1-5-9-12-14-16-19(17-15-13-10-6-2)20(8-4)21-18-11-7-3/h7-8,11,18-19H,5-6,9-10,12-17H2,1-4H3/b11-7-,20-8-,21-18+. The van der Waals surface area contributed by atoms with Crippen LogP contribution in [-0.4, -0.2) is 6.21 Å². The summed E-state index contributed by atoms with van der Waals surface area (Å²) in [5.41, 5.74) is 1.29. The van der Waals surface area contributed by atoms with Gasteiger partial charge < -0.3 is 0 Å². The second-order valence-electron chi connectivity index (χ2n) is 5.91. The van der Waals surface area contributed by atoms with Gasteiger partial charge in [0, 0.05) is 17.8 Å². The van der Waals surface area contributed by atoms with E-state index in [1.165, 1.54) is 69.9 Å². The van der Waals surface area contributed by atoms with Crippen molar-refractivity contribution in [2.75, 3.05) is 0 Å². The molecule has 122 valence electrons. The Bertz CT molecular complexity index is 287. The van der Waals surface area contributed by atoms with Crippen LogP contribution in [0.3, 0.4) is 0 Å². The van der Waals surface area contributed by atoms with Crippen molar-refractivity contribution in [1.82, 2.24) is 0 Å². The van der Waals surface area contributed by atoms with Crippen molar-refractivity contribution in [3.8, 4) is 0 Å². The van der Waals surface area contributed by atoms with Crippen molar-refractivity contribution in [2.24, 2.45) is 10.9 Å². The molecule has 1 heteroatoms. The van der Waals surface area contributed by atoms with Crippen LogP contribution < -0.4 is 0 Å². The quantitative estimate of drug-likeness (QED) is 0.253. The molecule has 0 fully saturated rings. The zero-order valence-electron chi connectivity index (χ0n) is 14.9. The fourth-order valence-corrected chi connectivity index (χ4v) is 2.71. The number of hydrogen-bond acceptors (Lipinski definition) is 1. The van der Waals surface area contributed by atoms with E-state index in [9.17, 15) is 0 Å². The molecule has 1 nitrogen and oxygen atoms in total. The summed E-state index contributed by atoms with van der Waals surface area (Å²) in [5, 5.41) is 0. The average Bonchev–Trinajstić information content (AvgIpc) is 2.50. The second-order valence-corrected chi connectivity index (χ2v) is 5.91. The smallest absolute Gasteiger partial charge is 0.0391 e. The van der Waals surface area contributed by atoms with Crippen LogP contribution in [-0.2, 0) is 0 Å². The lowest BCUT2D eigenvalue weighted by atomic mass is 9.91. The molecule has 0 rings (SSSR count). The molecule has 0 spiro atoms. The van der Waals surface area contributed by atoms with Crippen molar-refractivity contribution in [3.63, 3.8) is 0 Å². The lowest BCUT2D eigenvalue weighted by molar-refractivity contribution is 0.452. The van der Waals surface area contributed by atoms with Gasteiger partial charge in [0.15, 0.2) is 0 Å². The van der Waals surface area contributed by atoms with Crippen LogP contribution >= 0.6 is 0 Å². The highest BCUT2D eigenvalue weighted by molar-refractivity contribution is 5.72. The largest absolute Gasteiger partial charge is 0.261 e. The van der Waals surface area contributed by atoms with Gasteiger partial charge >= 0.3 is 0 Å². The summed E-state index contributed by atoms with van der Waals surface area (Å²) >= 11 is 0. The topological polar surface area (TPSA) is 12.4 Å². The zero-order chi connectivity index (χ0) is 15.8. The third-order valence-electron chi connectivity index (χ3n) is 4.03. The Kier molecular flexibility index (Phi) is 14.9. The molecule has 0 saturated heterocycles. The molecule has 0 unspecified atom stereocenters. The molecule has 0 aliphatic rings. The van der Waals surface area contributed by atoms with E-state index in [1.807, 2.05) is 25.3 Å². The molecule has 0 bridgehead atoms. The maximum Gasteiger partial charge on any atom is 0.0391 e. The number of allylic oxidation sites excluding steroid dienone is 4. The number of nitrogens with zero attached hydrogens (tertiary/aromatic N) is 1. The molecular formula is C20H37N. The molecule has 0 radical (unpaired) electrons. The molecule has 0 aromatic carbocycles. The van der Waals surface area contributed by atoms with E-state index in [0.717, 1.165) is 0 Å². The molecule has 0 aliphatic carbocycles. The average molecular weight is 292 g/mol. The van der Waals surface area contributed by atoms with E-state index in [0.29, 0.717) is 5.92 Å². The maximum atomic E-state index is 4.68. The molecule has 0 aromatic heterocycles. The third kappa shape index (κ3) is 11.5. The van der Waals surface area contributed by atoms with Crippen molar-refractivity contribution in [3.05, 3.63) is 23.9 Å². The van der Waals surface area contributed by atoms with Crippen LogP contribution in [0.2, 0.25) is 0 Å². The van der Waals surface area contributed by atoms with Crippen LogP contribution in [0.15, 0.2) is 28.9 Å². The van der Waals surface area contributed by atoms with Crippen LogP contribution in [0.4, 0.5) is 0 Å². The first-order valence-corrected chi connectivity index (χ1v) is 9.11. The van der Waals surface area contributed by atoms with Crippen molar-refractivity contribution < 1.29 is 0 Å². The fraction of sp³-hybridized carbons (Fsp3) is 0.750. The van der Waals surface area contributed by atoms with Gasteiger partial charge in [0.05, 0.1) is 0 Å². The summed E-state index contributed by atoms with van der Waals surface area (Å²) in [5.74, 6) is 0.658. The molecule has 21 heavy (non-hydrogen) atoms. The molecule has 0 aromatic rings. The lowest BCUT2D eigenvalue weighted by Crippen LogP contribution is -2.04. The van der Waals surface area contributed by atoms with Gasteiger partial charge in [0.25, 0.3) is 0 Å². The van der Waals surface area contributed by atoms with E-state index in [-0.39, 0.29) is 0 Å². The van der Waals surface area contributed by atoms with E-state index in [2.05, 4.69) is 31.8 Å². The molecule has 0 heterocycles. The van der Waals surface area contributed by atoms with Crippen LogP contribution in [0.25, 0.3) is 0 Å². The Morgan fingerprint density at radius 3 is 1.86 bits per heavy atom. The number of rotatable bonds is 13. The van der Waals surface area contributed by atoms with Gasteiger partial charge in [-0.25, -0.2) is 0 Å². The van der Waals surface area contributed by atoms with Gasteiger partial charge in [0.2, 0.25) is 0 Å². The van der Waals surface area contributed by atoms with Gasteiger partial charge in [0.1, 0.15) is 0 Å². The van der Waals surface area contributed by atoms with E-state index >= 15 is 0 Å². The Balaban J connectivity index is 4.43. The van der Waals surface area contributed by atoms with Gasteiger partial charge in [-0.3, -0.25) is 4.99 Å². The summed E-state index contributed by atoms with van der Waals surface area (Å²) in [7, 11) is 0.